The summed E-state index contributed by atoms with van der Waals surface area (Å²) in [6.07, 6.45) is 5.32. The molecule has 2 N–H and O–H groups in total. The fraction of sp³-hybridized carbons (Fsp3) is 0.385. The molecule has 1 aliphatic carbocycles. The molecule has 2 heterocycles. The molecule has 2 aliphatic heterocycles. The Bertz CT molecular complexity index is 1140. The van der Waals surface area contributed by atoms with Crippen LogP contribution in [-0.2, 0) is 16.0 Å². The lowest BCUT2D eigenvalue weighted by atomic mass is 10.1. The van der Waals surface area contributed by atoms with E-state index in [9.17, 15) is 14.4 Å². The van der Waals surface area contributed by atoms with Gasteiger partial charge in [0.25, 0.3) is 11.8 Å². The lowest BCUT2D eigenvalue weighted by Crippen LogP contribution is -2.33. The number of likely N-dealkylation sites (tertiary alicyclic amines) is 1. The van der Waals surface area contributed by atoms with Crippen molar-refractivity contribution in [2.75, 3.05) is 18.4 Å². The summed E-state index contributed by atoms with van der Waals surface area (Å²) in [6, 6.07) is 15.1. The van der Waals surface area contributed by atoms with Gasteiger partial charge >= 0.3 is 0 Å². The van der Waals surface area contributed by atoms with Gasteiger partial charge in [-0.05, 0) is 61.4 Å². The van der Waals surface area contributed by atoms with E-state index in [0.717, 1.165) is 43.9 Å². The van der Waals surface area contributed by atoms with E-state index in [1.165, 1.54) is 29.3 Å². The Morgan fingerprint density at radius 2 is 1.88 bits per heavy atom. The number of carbonyl (C=O) groups is 3. The minimum Gasteiger partial charge on any atom is -0.351 e. The van der Waals surface area contributed by atoms with Crippen molar-refractivity contribution in [3.63, 3.8) is 0 Å². The molecule has 0 radical (unpaired) electrons. The van der Waals surface area contributed by atoms with Crippen molar-refractivity contribution in [2.45, 2.75) is 49.8 Å². The molecular weight excluding hydrogens is 448 g/mol. The number of rotatable bonds is 5. The van der Waals surface area contributed by atoms with Gasteiger partial charge in [0.2, 0.25) is 5.91 Å². The van der Waals surface area contributed by atoms with Gasteiger partial charge in [-0.15, -0.1) is 0 Å². The van der Waals surface area contributed by atoms with Crippen molar-refractivity contribution in [3.8, 4) is 0 Å². The topological polar surface area (TPSA) is 90.9 Å². The SMILES string of the molecule is O=C(C[C@@H]1SC(N2CCCCC2)=NC1=O)Nc1cccc(C(=O)N[C@@H]2CCc3ccccc32)c1. The first-order chi connectivity index (χ1) is 16.6. The van der Waals surface area contributed by atoms with Gasteiger partial charge in [0.15, 0.2) is 5.17 Å². The largest absolute Gasteiger partial charge is 0.351 e. The minimum atomic E-state index is -0.495. The predicted octanol–water partition coefficient (Wildman–Crippen LogP) is 3.92. The highest BCUT2D eigenvalue weighted by Crippen LogP contribution is 2.31. The van der Waals surface area contributed by atoms with Crippen LogP contribution in [0.5, 0.6) is 0 Å². The number of aliphatic imine (C=N–C) groups is 1. The molecule has 3 amide bonds. The molecule has 0 saturated carbocycles. The second-order valence-corrected chi connectivity index (χ2v) is 10.2. The number of anilines is 1. The van der Waals surface area contributed by atoms with Crippen LogP contribution in [-0.4, -0.2) is 46.1 Å². The first-order valence-corrected chi connectivity index (χ1v) is 12.8. The van der Waals surface area contributed by atoms with Crippen LogP contribution >= 0.6 is 11.8 Å². The molecule has 1 saturated heterocycles. The van der Waals surface area contributed by atoms with Crippen LogP contribution in [0.2, 0.25) is 0 Å². The molecule has 2 aromatic carbocycles. The zero-order valence-electron chi connectivity index (χ0n) is 19.0. The first-order valence-electron chi connectivity index (χ1n) is 11.9. The van der Waals surface area contributed by atoms with E-state index in [2.05, 4.69) is 32.7 Å². The standard InChI is InChI=1S/C26H28N4O3S/c31-23(16-22-25(33)29-26(34-22)30-13-4-1-5-14-30)27-19-9-6-8-18(15-19)24(32)28-21-12-11-17-7-2-3-10-20(17)21/h2-3,6-10,15,21-22H,1,4-5,11-14,16H2,(H,27,31)(H,28,32)/t21-,22+/m1/s1. The number of aryl methyl sites for hydroxylation is 1. The van der Waals surface area contributed by atoms with Crippen LogP contribution in [0.15, 0.2) is 53.5 Å². The quantitative estimate of drug-likeness (QED) is 0.683. The van der Waals surface area contributed by atoms with Gasteiger partial charge in [0.05, 0.1) is 6.04 Å². The second-order valence-electron chi connectivity index (χ2n) is 8.98. The van der Waals surface area contributed by atoms with Crippen LogP contribution in [0.3, 0.4) is 0 Å². The summed E-state index contributed by atoms with van der Waals surface area (Å²) in [5.74, 6) is -0.673. The van der Waals surface area contributed by atoms with E-state index < -0.39 is 5.25 Å². The molecular formula is C26H28N4O3S. The Labute approximate surface area is 203 Å². The summed E-state index contributed by atoms with van der Waals surface area (Å²) in [6.45, 7) is 1.83. The van der Waals surface area contributed by atoms with Crippen LogP contribution in [0.4, 0.5) is 5.69 Å². The summed E-state index contributed by atoms with van der Waals surface area (Å²) in [5.41, 5.74) is 3.48. The average Bonchev–Trinajstić information content (AvgIpc) is 3.43. The number of nitrogens with zero attached hydrogens (tertiary/aromatic N) is 2. The smallest absolute Gasteiger partial charge is 0.262 e. The maximum absolute atomic E-state index is 12.9. The highest BCUT2D eigenvalue weighted by molar-refractivity contribution is 8.15. The fourth-order valence-electron chi connectivity index (χ4n) is 4.80. The second kappa shape index (κ2) is 10.0. The van der Waals surface area contributed by atoms with E-state index in [1.54, 1.807) is 24.3 Å². The van der Waals surface area contributed by atoms with Gasteiger partial charge in [-0.1, -0.05) is 42.1 Å². The van der Waals surface area contributed by atoms with Gasteiger partial charge in [0.1, 0.15) is 5.25 Å². The van der Waals surface area contributed by atoms with Crippen molar-refractivity contribution in [3.05, 3.63) is 65.2 Å². The number of hydrogen-bond acceptors (Lipinski definition) is 5. The molecule has 176 valence electrons. The highest BCUT2D eigenvalue weighted by atomic mass is 32.2. The van der Waals surface area contributed by atoms with Crippen LogP contribution in [0, 0.1) is 0 Å². The lowest BCUT2D eigenvalue weighted by Gasteiger charge is -2.27. The number of thioether (sulfide) groups is 1. The van der Waals surface area contributed by atoms with Crippen molar-refractivity contribution in [1.29, 1.82) is 0 Å². The number of hydrogen-bond donors (Lipinski definition) is 2. The number of nitrogens with one attached hydrogen (secondary N) is 2. The van der Waals surface area contributed by atoms with E-state index in [4.69, 9.17) is 0 Å². The molecule has 7 nitrogen and oxygen atoms in total. The van der Waals surface area contributed by atoms with Crippen LogP contribution in [0.1, 0.15) is 59.6 Å². The Balaban J connectivity index is 1.16. The summed E-state index contributed by atoms with van der Waals surface area (Å²) in [7, 11) is 0. The van der Waals surface area contributed by atoms with Crippen molar-refractivity contribution in [2.24, 2.45) is 4.99 Å². The third-order valence-corrected chi connectivity index (χ3v) is 7.79. The molecule has 2 aromatic rings. The Kier molecular flexibility index (Phi) is 6.67. The number of benzene rings is 2. The maximum Gasteiger partial charge on any atom is 0.262 e. The molecule has 0 bridgehead atoms. The van der Waals surface area contributed by atoms with Gasteiger partial charge in [-0.3, -0.25) is 14.4 Å². The summed E-state index contributed by atoms with van der Waals surface area (Å²) < 4.78 is 0. The fourth-order valence-corrected chi connectivity index (χ4v) is 5.91. The molecule has 0 aromatic heterocycles. The monoisotopic (exact) mass is 476 g/mol. The van der Waals surface area contributed by atoms with E-state index in [1.807, 2.05) is 12.1 Å². The molecule has 3 aliphatic rings. The van der Waals surface area contributed by atoms with Crippen molar-refractivity contribution < 1.29 is 14.4 Å². The third-order valence-electron chi connectivity index (χ3n) is 6.57. The number of fused-ring (bicyclic) bond motifs is 1. The zero-order valence-corrected chi connectivity index (χ0v) is 19.8. The van der Waals surface area contributed by atoms with Gasteiger partial charge in [-0.2, -0.15) is 4.99 Å². The molecule has 0 spiro atoms. The van der Waals surface area contributed by atoms with E-state index in [0.29, 0.717) is 11.3 Å². The lowest BCUT2D eigenvalue weighted by molar-refractivity contribution is -0.121. The predicted molar refractivity (Wildman–Crippen MR) is 134 cm³/mol. The molecule has 34 heavy (non-hydrogen) atoms. The molecule has 8 heteroatoms. The molecule has 2 atom stereocenters. The number of carbonyl (C=O) groups excluding carboxylic acids is 3. The van der Waals surface area contributed by atoms with Crippen LogP contribution < -0.4 is 10.6 Å². The summed E-state index contributed by atoms with van der Waals surface area (Å²) in [5, 5.41) is 6.20. The molecule has 5 rings (SSSR count). The number of piperidine rings is 1. The van der Waals surface area contributed by atoms with E-state index >= 15 is 0 Å². The Hall–Kier alpha value is -3.13. The third kappa shape index (κ3) is 5.01. The van der Waals surface area contributed by atoms with Crippen molar-refractivity contribution >= 4 is 40.3 Å². The van der Waals surface area contributed by atoms with Crippen molar-refractivity contribution in [1.82, 2.24) is 10.2 Å². The van der Waals surface area contributed by atoms with Gasteiger partial charge in [0, 0.05) is 30.8 Å². The van der Waals surface area contributed by atoms with Gasteiger partial charge < -0.3 is 15.5 Å². The van der Waals surface area contributed by atoms with Crippen LogP contribution in [0.25, 0.3) is 0 Å². The average molecular weight is 477 g/mol. The molecule has 0 unspecified atom stereocenters. The van der Waals surface area contributed by atoms with E-state index in [-0.39, 0.29) is 30.2 Å². The zero-order chi connectivity index (χ0) is 23.5. The highest BCUT2D eigenvalue weighted by Gasteiger charge is 2.33. The Morgan fingerprint density at radius 1 is 1.06 bits per heavy atom. The molecule has 1 fully saturated rings. The normalized spacial score (nSPS) is 21.7. The Morgan fingerprint density at radius 3 is 2.74 bits per heavy atom. The summed E-state index contributed by atoms with van der Waals surface area (Å²) in [4.78, 5) is 44.2. The minimum absolute atomic E-state index is 0.00134. The van der Waals surface area contributed by atoms with Gasteiger partial charge in [-0.25, -0.2) is 0 Å². The summed E-state index contributed by atoms with van der Waals surface area (Å²) >= 11 is 1.39. The maximum atomic E-state index is 12.9. The number of amides is 3. The number of amidine groups is 1. The first kappa shape index (κ1) is 22.7.